The van der Waals surface area contributed by atoms with Crippen molar-refractivity contribution in [2.75, 3.05) is 12.8 Å². The first-order valence-electron chi connectivity index (χ1n) is 5.47. The lowest BCUT2D eigenvalue weighted by Crippen LogP contribution is -2.23. The first-order chi connectivity index (χ1) is 9.03. The van der Waals surface area contributed by atoms with Crippen LogP contribution in [0.3, 0.4) is 0 Å². The maximum absolute atomic E-state index is 12.1. The quantitative estimate of drug-likeness (QED) is 0.807. The van der Waals surface area contributed by atoms with Crippen LogP contribution in [0.5, 0.6) is 5.75 Å². The highest BCUT2D eigenvalue weighted by Gasteiger charge is 2.17. The minimum Gasteiger partial charge on any atom is -0.497 e. The Labute approximate surface area is 111 Å². The Morgan fingerprint density at radius 2 is 2.16 bits per heavy atom. The second kappa shape index (κ2) is 5.33. The summed E-state index contributed by atoms with van der Waals surface area (Å²) in [5.74, 6) is 0.506. The van der Waals surface area contributed by atoms with E-state index < -0.39 is 10.0 Å². The number of nitrogen functional groups attached to an aromatic ring is 1. The zero-order valence-electron chi connectivity index (χ0n) is 10.3. The van der Waals surface area contributed by atoms with E-state index in [4.69, 9.17) is 14.9 Å². The minimum atomic E-state index is -3.66. The van der Waals surface area contributed by atoms with E-state index in [1.807, 2.05) is 0 Å². The zero-order chi connectivity index (χ0) is 13.9. The third kappa shape index (κ3) is 3.07. The molecule has 102 valence electrons. The van der Waals surface area contributed by atoms with Crippen LogP contribution < -0.4 is 15.2 Å². The molecule has 19 heavy (non-hydrogen) atoms. The summed E-state index contributed by atoms with van der Waals surface area (Å²) in [6.45, 7) is 0.143. The summed E-state index contributed by atoms with van der Waals surface area (Å²) in [4.78, 5) is 0.0248. The summed E-state index contributed by atoms with van der Waals surface area (Å²) in [5.41, 5.74) is 6.58. The van der Waals surface area contributed by atoms with Gasteiger partial charge in [-0.25, -0.2) is 13.1 Å². The van der Waals surface area contributed by atoms with Crippen molar-refractivity contribution in [2.24, 2.45) is 0 Å². The minimum absolute atomic E-state index is 0.0248. The number of sulfonamides is 1. The first-order valence-corrected chi connectivity index (χ1v) is 6.95. The lowest BCUT2D eigenvalue weighted by Gasteiger charge is -2.09. The van der Waals surface area contributed by atoms with Gasteiger partial charge in [0.25, 0.3) is 0 Å². The maximum Gasteiger partial charge on any atom is 0.242 e. The van der Waals surface area contributed by atoms with Gasteiger partial charge in [0.1, 0.15) is 10.6 Å². The van der Waals surface area contributed by atoms with Crippen molar-refractivity contribution in [3.8, 4) is 5.75 Å². The van der Waals surface area contributed by atoms with Crippen molar-refractivity contribution in [3.63, 3.8) is 0 Å². The lowest BCUT2D eigenvalue weighted by atomic mass is 10.3. The average molecular weight is 282 g/mol. The molecule has 0 aliphatic rings. The lowest BCUT2D eigenvalue weighted by molar-refractivity contribution is 0.414. The predicted octanol–water partition coefficient (Wildman–Crippen LogP) is 1.35. The molecule has 0 aliphatic carbocycles. The molecular weight excluding hydrogens is 268 g/mol. The maximum atomic E-state index is 12.1. The van der Waals surface area contributed by atoms with Gasteiger partial charge in [0.05, 0.1) is 25.3 Å². The zero-order valence-corrected chi connectivity index (χ0v) is 11.1. The Kier molecular flexibility index (Phi) is 3.77. The fourth-order valence-electron chi connectivity index (χ4n) is 1.55. The van der Waals surface area contributed by atoms with Crippen LogP contribution >= 0.6 is 0 Å². The van der Waals surface area contributed by atoms with Crippen molar-refractivity contribution >= 4 is 15.7 Å². The van der Waals surface area contributed by atoms with Crippen molar-refractivity contribution in [1.29, 1.82) is 0 Å². The van der Waals surface area contributed by atoms with Gasteiger partial charge in [0.2, 0.25) is 10.0 Å². The highest BCUT2D eigenvalue weighted by atomic mass is 32.2. The number of rotatable bonds is 5. The van der Waals surface area contributed by atoms with Crippen LogP contribution in [0.1, 0.15) is 5.56 Å². The molecule has 0 saturated carbocycles. The van der Waals surface area contributed by atoms with Gasteiger partial charge in [-0.1, -0.05) is 0 Å². The van der Waals surface area contributed by atoms with E-state index in [-0.39, 0.29) is 17.1 Å². The second-order valence-corrected chi connectivity index (χ2v) is 5.60. The van der Waals surface area contributed by atoms with Crippen molar-refractivity contribution in [1.82, 2.24) is 4.72 Å². The number of anilines is 1. The second-order valence-electron chi connectivity index (χ2n) is 3.86. The van der Waals surface area contributed by atoms with Gasteiger partial charge >= 0.3 is 0 Å². The Bertz CT molecular complexity index is 650. The highest BCUT2D eigenvalue weighted by Crippen LogP contribution is 2.23. The van der Waals surface area contributed by atoms with Gasteiger partial charge < -0.3 is 14.9 Å². The molecule has 2 aromatic rings. The fourth-order valence-corrected chi connectivity index (χ4v) is 2.68. The average Bonchev–Trinajstić information content (AvgIpc) is 2.89. The summed E-state index contributed by atoms with van der Waals surface area (Å²) in [7, 11) is -2.18. The monoisotopic (exact) mass is 282 g/mol. The van der Waals surface area contributed by atoms with Crippen molar-refractivity contribution in [2.45, 2.75) is 11.4 Å². The Morgan fingerprint density at radius 3 is 2.74 bits per heavy atom. The first kappa shape index (κ1) is 13.4. The largest absolute Gasteiger partial charge is 0.497 e. The molecule has 0 aliphatic heterocycles. The molecule has 0 spiro atoms. The highest BCUT2D eigenvalue weighted by molar-refractivity contribution is 7.89. The Balaban J connectivity index is 2.19. The number of nitrogens with two attached hydrogens (primary N) is 1. The van der Waals surface area contributed by atoms with E-state index in [2.05, 4.69) is 4.72 Å². The SMILES string of the molecule is COc1ccc(S(=O)(=O)NCc2ccoc2)c(N)c1. The van der Waals surface area contributed by atoms with Crippen LogP contribution in [0.2, 0.25) is 0 Å². The molecule has 0 saturated heterocycles. The molecule has 3 N–H and O–H groups in total. The molecule has 1 heterocycles. The molecule has 2 rings (SSSR count). The Morgan fingerprint density at radius 1 is 1.37 bits per heavy atom. The standard InChI is InChI=1S/C12H14N2O4S/c1-17-10-2-3-12(11(13)6-10)19(15,16)14-7-9-4-5-18-8-9/h2-6,8,14H,7,13H2,1H3. The Hall–Kier alpha value is -1.99. The third-order valence-corrected chi connectivity index (χ3v) is 4.03. The van der Waals surface area contributed by atoms with Gasteiger partial charge in [-0.2, -0.15) is 0 Å². The van der Waals surface area contributed by atoms with Crippen LogP contribution in [0, 0.1) is 0 Å². The molecular formula is C12H14N2O4S. The number of nitrogens with one attached hydrogen (secondary N) is 1. The predicted molar refractivity (Wildman–Crippen MR) is 70.1 cm³/mol. The van der Waals surface area contributed by atoms with Gasteiger partial charge in [0.15, 0.2) is 0 Å². The molecule has 0 bridgehead atoms. The number of ether oxygens (including phenoxy) is 1. The van der Waals surface area contributed by atoms with Crippen molar-refractivity contribution in [3.05, 3.63) is 42.4 Å². The van der Waals surface area contributed by atoms with Crippen molar-refractivity contribution < 1.29 is 17.6 Å². The molecule has 0 unspecified atom stereocenters. The number of hydrogen-bond acceptors (Lipinski definition) is 5. The number of methoxy groups -OCH3 is 1. The summed E-state index contributed by atoms with van der Waals surface area (Å²) < 4.78 is 36.5. The molecule has 0 fully saturated rings. The topological polar surface area (TPSA) is 94.6 Å². The van der Waals surface area contributed by atoms with E-state index in [1.165, 1.54) is 31.8 Å². The van der Waals surface area contributed by atoms with Crippen LogP contribution in [0.25, 0.3) is 0 Å². The van der Waals surface area contributed by atoms with E-state index in [1.54, 1.807) is 12.1 Å². The third-order valence-electron chi connectivity index (χ3n) is 2.55. The fraction of sp³-hybridized carbons (Fsp3) is 0.167. The van der Waals surface area contributed by atoms with E-state index in [0.29, 0.717) is 5.75 Å². The molecule has 0 radical (unpaired) electrons. The normalized spacial score (nSPS) is 11.4. The summed E-state index contributed by atoms with van der Waals surface area (Å²) in [6, 6.07) is 6.10. The van der Waals surface area contributed by atoms with Gasteiger partial charge in [-0.3, -0.25) is 0 Å². The summed E-state index contributed by atoms with van der Waals surface area (Å²) >= 11 is 0. The molecule has 1 aromatic carbocycles. The molecule has 7 heteroatoms. The molecule has 6 nitrogen and oxygen atoms in total. The van der Waals surface area contributed by atoms with E-state index in [0.717, 1.165) is 5.56 Å². The smallest absolute Gasteiger partial charge is 0.242 e. The van der Waals surface area contributed by atoms with Gasteiger partial charge in [-0.05, 0) is 18.2 Å². The molecule has 0 amide bonds. The summed E-state index contributed by atoms with van der Waals surface area (Å²) in [6.07, 6.45) is 2.95. The summed E-state index contributed by atoms with van der Waals surface area (Å²) in [5, 5.41) is 0. The van der Waals surface area contributed by atoms with Gasteiger partial charge in [0, 0.05) is 18.2 Å². The van der Waals surface area contributed by atoms with Gasteiger partial charge in [-0.15, -0.1) is 0 Å². The number of hydrogen-bond donors (Lipinski definition) is 2. The molecule has 1 aromatic heterocycles. The van der Waals surface area contributed by atoms with Crippen LogP contribution in [-0.2, 0) is 16.6 Å². The van der Waals surface area contributed by atoms with Crippen LogP contribution in [0.4, 0.5) is 5.69 Å². The van der Waals surface area contributed by atoms with E-state index in [9.17, 15) is 8.42 Å². The molecule has 0 atom stereocenters. The number of benzene rings is 1. The van der Waals surface area contributed by atoms with Crippen LogP contribution in [0.15, 0.2) is 46.1 Å². The van der Waals surface area contributed by atoms with E-state index >= 15 is 0 Å². The van der Waals surface area contributed by atoms with Crippen LogP contribution in [-0.4, -0.2) is 15.5 Å². The number of furan rings is 1.